The molecule has 1 N–H and O–H groups in total. The highest BCUT2D eigenvalue weighted by Gasteiger charge is 2.23. The number of amides is 1. The van der Waals surface area contributed by atoms with E-state index in [0.29, 0.717) is 17.7 Å². The van der Waals surface area contributed by atoms with Crippen molar-refractivity contribution in [3.05, 3.63) is 95.1 Å². The molecule has 0 saturated heterocycles. The van der Waals surface area contributed by atoms with Gasteiger partial charge >= 0.3 is 0 Å². The number of rotatable bonds is 7. The first-order valence-electron chi connectivity index (χ1n) is 9.71. The van der Waals surface area contributed by atoms with Crippen LogP contribution in [-0.2, 0) is 4.79 Å². The van der Waals surface area contributed by atoms with Crippen LogP contribution in [0.1, 0.15) is 46.5 Å². The van der Waals surface area contributed by atoms with E-state index in [1.807, 2.05) is 69.3 Å². The molecule has 0 bridgehead atoms. The van der Waals surface area contributed by atoms with Crippen molar-refractivity contribution in [2.45, 2.75) is 33.3 Å². The first kappa shape index (κ1) is 20.3. The Morgan fingerprint density at radius 2 is 1.62 bits per heavy atom. The maximum atomic E-state index is 13.1. The van der Waals surface area contributed by atoms with Crippen molar-refractivity contribution in [2.75, 3.05) is 5.32 Å². The van der Waals surface area contributed by atoms with Gasteiger partial charge in [0.2, 0.25) is 6.10 Å². The molecule has 3 rings (SSSR count). The Labute approximate surface area is 171 Å². The van der Waals surface area contributed by atoms with Crippen molar-refractivity contribution in [3.8, 4) is 5.75 Å². The van der Waals surface area contributed by atoms with E-state index in [1.54, 1.807) is 24.3 Å². The number of Topliss-reactive ketones (excluding diaryl/α,β-unsaturated/α-hetero) is 1. The van der Waals surface area contributed by atoms with Gasteiger partial charge in [0.25, 0.3) is 5.91 Å². The Kier molecular flexibility index (Phi) is 6.45. The van der Waals surface area contributed by atoms with Gasteiger partial charge in [0.05, 0.1) is 0 Å². The van der Waals surface area contributed by atoms with Crippen LogP contribution in [-0.4, -0.2) is 11.7 Å². The van der Waals surface area contributed by atoms with Gasteiger partial charge in [-0.2, -0.15) is 0 Å². The molecular formula is C25H25NO3. The molecule has 4 heteroatoms. The minimum atomic E-state index is -0.816. The normalized spacial score (nSPS) is 11.6. The molecule has 4 nitrogen and oxygen atoms in total. The number of benzene rings is 3. The zero-order valence-corrected chi connectivity index (χ0v) is 16.9. The Hall–Kier alpha value is -3.40. The quantitative estimate of drug-likeness (QED) is 0.533. The van der Waals surface area contributed by atoms with E-state index >= 15 is 0 Å². The van der Waals surface area contributed by atoms with E-state index in [4.69, 9.17) is 4.74 Å². The van der Waals surface area contributed by atoms with E-state index in [-0.39, 0.29) is 11.7 Å². The SMILES string of the molecule is CCC(=O)c1ccc(O[C@@H](C(=O)Nc2cc(C)ccc2C)c2ccccc2)cc1. The van der Waals surface area contributed by atoms with Crippen LogP contribution in [0.25, 0.3) is 0 Å². The summed E-state index contributed by atoms with van der Waals surface area (Å²) >= 11 is 0. The van der Waals surface area contributed by atoms with Crippen molar-refractivity contribution in [2.24, 2.45) is 0 Å². The van der Waals surface area contributed by atoms with Crippen molar-refractivity contribution in [1.29, 1.82) is 0 Å². The lowest BCUT2D eigenvalue weighted by atomic mass is 10.1. The Bertz CT molecular complexity index is 994. The molecule has 0 spiro atoms. The smallest absolute Gasteiger partial charge is 0.270 e. The van der Waals surface area contributed by atoms with E-state index in [0.717, 1.165) is 22.4 Å². The Balaban J connectivity index is 1.86. The number of carbonyl (C=O) groups excluding carboxylic acids is 2. The summed E-state index contributed by atoms with van der Waals surface area (Å²) in [5.41, 5.74) is 4.21. The molecule has 1 atom stereocenters. The van der Waals surface area contributed by atoms with Crippen LogP contribution >= 0.6 is 0 Å². The van der Waals surface area contributed by atoms with Crippen molar-refractivity contribution < 1.29 is 14.3 Å². The molecule has 0 heterocycles. The van der Waals surface area contributed by atoms with Crippen molar-refractivity contribution in [1.82, 2.24) is 0 Å². The largest absolute Gasteiger partial charge is 0.476 e. The van der Waals surface area contributed by atoms with Gasteiger partial charge in [0.15, 0.2) is 5.78 Å². The summed E-state index contributed by atoms with van der Waals surface area (Å²) in [7, 11) is 0. The number of hydrogen-bond acceptors (Lipinski definition) is 3. The minimum absolute atomic E-state index is 0.0730. The van der Waals surface area contributed by atoms with Crippen molar-refractivity contribution >= 4 is 17.4 Å². The lowest BCUT2D eigenvalue weighted by Gasteiger charge is -2.20. The highest BCUT2D eigenvalue weighted by Crippen LogP contribution is 2.25. The summed E-state index contributed by atoms with van der Waals surface area (Å²) in [4.78, 5) is 24.9. The van der Waals surface area contributed by atoms with Gasteiger partial charge in [-0.25, -0.2) is 0 Å². The second-order valence-electron chi connectivity index (χ2n) is 7.02. The number of carbonyl (C=O) groups is 2. The average molecular weight is 387 g/mol. The molecule has 148 valence electrons. The maximum absolute atomic E-state index is 13.1. The molecule has 0 fully saturated rings. The summed E-state index contributed by atoms with van der Waals surface area (Å²) in [5.74, 6) is 0.352. The molecule has 0 aliphatic carbocycles. The van der Waals surface area contributed by atoms with E-state index < -0.39 is 6.10 Å². The zero-order chi connectivity index (χ0) is 20.8. The minimum Gasteiger partial charge on any atom is -0.476 e. The van der Waals surface area contributed by atoms with Gasteiger partial charge in [0, 0.05) is 23.2 Å². The van der Waals surface area contributed by atoms with Gasteiger partial charge in [0.1, 0.15) is 5.75 Å². The Morgan fingerprint density at radius 3 is 2.28 bits per heavy atom. The third kappa shape index (κ3) is 5.11. The molecule has 0 radical (unpaired) electrons. The first-order chi connectivity index (χ1) is 14.0. The van der Waals surface area contributed by atoms with Crippen LogP contribution in [0.15, 0.2) is 72.8 Å². The molecule has 3 aromatic carbocycles. The first-order valence-corrected chi connectivity index (χ1v) is 9.71. The van der Waals surface area contributed by atoms with Crippen LogP contribution < -0.4 is 10.1 Å². The summed E-state index contributed by atoms with van der Waals surface area (Å²) in [6.45, 7) is 5.77. The van der Waals surface area contributed by atoms with E-state index in [2.05, 4.69) is 5.32 Å². The number of hydrogen-bond donors (Lipinski definition) is 1. The van der Waals surface area contributed by atoms with Gasteiger partial charge in [-0.3, -0.25) is 9.59 Å². The van der Waals surface area contributed by atoms with Gasteiger partial charge in [-0.05, 0) is 55.3 Å². The Morgan fingerprint density at radius 1 is 0.931 bits per heavy atom. The number of anilines is 1. The highest BCUT2D eigenvalue weighted by atomic mass is 16.5. The maximum Gasteiger partial charge on any atom is 0.270 e. The summed E-state index contributed by atoms with van der Waals surface area (Å²) in [5, 5.41) is 2.99. The number of aryl methyl sites for hydroxylation is 2. The second-order valence-corrected chi connectivity index (χ2v) is 7.02. The second kappa shape index (κ2) is 9.20. The van der Waals surface area contributed by atoms with Gasteiger partial charge < -0.3 is 10.1 Å². The third-order valence-corrected chi connectivity index (χ3v) is 4.74. The average Bonchev–Trinajstić information content (AvgIpc) is 2.75. The summed E-state index contributed by atoms with van der Waals surface area (Å²) < 4.78 is 6.05. The number of ether oxygens (including phenoxy) is 1. The molecule has 0 unspecified atom stereocenters. The number of nitrogens with one attached hydrogen (secondary N) is 1. The standard InChI is InChI=1S/C25H25NO3/c1-4-23(27)19-12-14-21(15-13-19)29-24(20-8-6-5-7-9-20)25(28)26-22-16-17(2)10-11-18(22)3/h5-16,24H,4H2,1-3H3,(H,26,28)/t24-/m1/s1. The molecule has 0 saturated carbocycles. The molecule has 0 aromatic heterocycles. The lowest BCUT2D eigenvalue weighted by Crippen LogP contribution is -2.26. The highest BCUT2D eigenvalue weighted by molar-refractivity contribution is 5.96. The lowest BCUT2D eigenvalue weighted by molar-refractivity contribution is -0.123. The van der Waals surface area contributed by atoms with Crippen LogP contribution in [0.2, 0.25) is 0 Å². The fourth-order valence-electron chi connectivity index (χ4n) is 3.03. The van der Waals surface area contributed by atoms with Gasteiger partial charge in [-0.15, -0.1) is 0 Å². The third-order valence-electron chi connectivity index (χ3n) is 4.74. The van der Waals surface area contributed by atoms with Crippen LogP contribution in [0.5, 0.6) is 5.75 Å². The van der Waals surface area contributed by atoms with Crippen molar-refractivity contribution in [3.63, 3.8) is 0 Å². The molecule has 0 aliphatic rings. The zero-order valence-electron chi connectivity index (χ0n) is 16.9. The van der Waals surface area contributed by atoms with Crippen LogP contribution in [0.4, 0.5) is 5.69 Å². The fraction of sp³-hybridized carbons (Fsp3) is 0.200. The monoisotopic (exact) mass is 387 g/mol. The van der Waals surface area contributed by atoms with E-state index in [9.17, 15) is 9.59 Å². The van der Waals surface area contributed by atoms with Crippen LogP contribution in [0, 0.1) is 13.8 Å². The van der Waals surface area contributed by atoms with E-state index in [1.165, 1.54) is 0 Å². The molecule has 1 amide bonds. The topological polar surface area (TPSA) is 55.4 Å². The fourth-order valence-corrected chi connectivity index (χ4v) is 3.03. The predicted molar refractivity (Wildman–Crippen MR) is 115 cm³/mol. The molecule has 3 aromatic rings. The molecule has 0 aliphatic heterocycles. The predicted octanol–water partition coefficient (Wildman–Crippen LogP) is 5.65. The van der Waals surface area contributed by atoms with Crippen LogP contribution in [0.3, 0.4) is 0 Å². The molecule has 29 heavy (non-hydrogen) atoms. The molecular weight excluding hydrogens is 362 g/mol. The number of ketones is 1. The summed E-state index contributed by atoms with van der Waals surface area (Å²) in [6, 6.07) is 22.2. The van der Waals surface area contributed by atoms with Gasteiger partial charge in [-0.1, -0.05) is 49.4 Å². The summed E-state index contributed by atoms with van der Waals surface area (Å²) in [6.07, 6.45) is -0.366.